The molecule has 0 bridgehead atoms. The zero-order valence-corrected chi connectivity index (χ0v) is 13.5. The smallest absolute Gasteiger partial charge is 0.408 e. The van der Waals surface area contributed by atoms with Crippen molar-refractivity contribution in [1.82, 2.24) is 5.32 Å². The Morgan fingerprint density at radius 3 is 2.10 bits per heavy atom. The molecular weight excluding hydrogens is 272 g/mol. The first kappa shape index (κ1) is 19.0. The third kappa shape index (κ3) is 11.5. The molecule has 0 radical (unpaired) electrons. The number of carbonyl (C=O) groups excluding carboxylic acids is 2. The van der Waals surface area contributed by atoms with Crippen LogP contribution >= 0.6 is 0 Å². The van der Waals surface area contributed by atoms with Gasteiger partial charge in [0.1, 0.15) is 11.2 Å². The lowest BCUT2D eigenvalue weighted by Gasteiger charge is -2.23. The lowest BCUT2D eigenvalue weighted by Crippen LogP contribution is -2.40. The molecule has 0 aliphatic heterocycles. The molecule has 1 N–H and O–H groups in total. The van der Waals surface area contributed by atoms with Crippen LogP contribution in [0, 0.1) is 11.3 Å². The number of esters is 1. The van der Waals surface area contributed by atoms with Crippen molar-refractivity contribution in [2.45, 2.75) is 65.2 Å². The van der Waals surface area contributed by atoms with Gasteiger partial charge in [0, 0.05) is 6.08 Å². The fraction of sp³-hybridized carbons (Fsp3) is 0.667. The summed E-state index contributed by atoms with van der Waals surface area (Å²) in [7, 11) is 0. The molecule has 118 valence electrons. The van der Waals surface area contributed by atoms with Gasteiger partial charge < -0.3 is 14.8 Å². The number of nitrogens with zero attached hydrogens (tertiary/aromatic N) is 1. The van der Waals surface area contributed by atoms with Gasteiger partial charge in [0.05, 0.1) is 18.5 Å². The Labute approximate surface area is 126 Å². The molecule has 0 aromatic heterocycles. The summed E-state index contributed by atoms with van der Waals surface area (Å²) in [6.45, 7) is 10.5. The Morgan fingerprint density at radius 1 is 1.14 bits per heavy atom. The summed E-state index contributed by atoms with van der Waals surface area (Å²) in [5, 5.41) is 11.1. The molecule has 0 saturated heterocycles. The maximum absolute atomic E-state index is 11.8. The second-order valence-electron chi connectivity index (χ2n) is 6.53. The Balaban J connectivity index is 4.68. The van der Waals surface area contributed by atoms with E-state index in [-0.39, 0.29) is 6.42 Å². The molecule has 0 rings (SSSR count). The number of amides is 1. The second kappa shape index (κ2) is 7.67. The quantitative estimate of drug-likeness (QED) is 0.636. The first-order valence-corrected chi connectivity index (χ1v) is 6.70. The van der Waals surface area contributed by atoms with Crippen molar-refractivity contribution in [2.24, 2.45) is 0 Å². The minimum Gasteiger partial charge on any atom is -0.460 e. The average Bonchev–Trinajstić information content (AvgIpc) is 2.20. The molecule has 0 aliphatic rings. The minimum atomic E-state index is -0.658. The number of rotatable bonds is 4. The van der Waals surface area contributed by atoms with Gasteiger partial charge in [-0.05, 0) is 41.5 Å². The topological polar surface area (TPSA) is 88.4 Å². The monoisotopic (exact) mass is 296 g/mol. The van der Waals surface area contributed by atoms with Gasteiger partial charge in [0.25, 0.3) is 0 Å². The number of hydrogen-bond acceptors (Lipinski definition) is 5. The molecule has 0 unspecified atom stereocenters. The summed E-state index contributed by atoms with van der Waals surface area (Å²) in [5.41, 5.74) is -1.24. The first-order valence-electron chi connectivity index (χ1n) is 6.70. The molecule has 0 fully saturated rings. The maximum atomic E-state index is 11.8. The number of ether oxygens (including phenoxy) is 2. The molecule has 0 aromatic rings. The SMILES string of the molecule is CC(C)(C)OC(=O)C[C@@H](/C=C/C#N)NC(=O)OC(C)(C)C. The van der Waals surface area contributed by atoms with E-state index < -0.39 is 29.3 Å². The van der Waals surface area contributed by atoms with E-state index in [1.807, 2.05) is 6.07 Å². The van der Waals surface area contributed by atoms with Crippen molar-refractivity contribution in [1.29, 1.82) is 5.26 Å². The number of nitriles is 1. The van der Waals surface area contributed by atoms with Gasteiger partial charge in [0.2, 0.25) is 0 Å². The van der Waals surface area contributed by atoms with Crippen molar-refractivity contribution >= 4 is 12.1 Å². The summed E-state index contributed by atoms with van der Waals surface area (Å²) in [6.07, 6.45) is 1.90. The molecule has 0 aromatic carbocycles. The summed E-state index contributed by atoms with van der Waals surface area (Å²) in [5.74, 6) is -0.467. The molecule has 1 amide bonds. The van der Waals surface area contributed by atoms with Crippen molar-refractivity contribution in [3.63, 3.8) is 0 Å². The molecule has 0 aliphatic carbocycles. The standard InChI is InChI=1S/C15H24N2O4/c1-14(2,3)20-12(18)10-11(8-7-9-16)17-13(19)21-15(4,5)6/h7-8,11H,10H2,1-6H3,(H,17,19)/b8-7+/t11-/m1/s1. The van der Waals surface area contributed by atoms with Gasteiger partial charge in [-0.2, -0.15) is 5.26 Å². The third-order valence-corrected chi connectivity index (χ3v) is 1.91. The molecular formula is C15H24N2O4. The molecule has 0 heterocycles. The third-order valence-electron chi connectivity index (χ3n) is 1.91. The zero-order chi connectivity index (χ0) is 16.7. The number of allylic oxidation sites excluding steroid dienone is 1. The Kier molecular flexibility index (Phi) is 6.93. The van der Waals surface area contributed by atoms with Gasteiger partial charge in [-0.3, -0.25) is 4.79 Å². The lowest BCUT2D eigenvalue weighted by atomic mass is 10.1. The molecule has 0 spiro atoms. The van der Waals surface area contributed by atoms with Crippen LogP contribution in [-0.4, -0.2) is 29.3 Å². The van der Waals surface area contributed by atoms with Crippen molar-refractivity contribution in [3.05, 3.63) is 12.2 Å². The van der Waals surface area contributed by atoms with Gasteiger partial charge in [-0.1, -0.05) is 6.08 Å². The van der Waals surface area contributed by atoms with Gasteiger partial charge in [-0.15, -0.1) is 0 Å². The van der Waals surface area contributed by atoms with Crippen LogP contribution in [0.4, 0.5) is 4.79 Å². The number of nitrogens with one attached hydrogen (secondary N) is 1. The van der Waals surface area contributed by atoms with Gasteiger partial charge in [-0.25, -0.2) is 4.79 Å². The van der Waals surface area contributed by atoms with Crippen LogP contribution in [0.5, 0.6) is 0 Å². The van der Waals surface area contributed by atoms with Crippen LogP contribution in [0.15, 0.2) is 12.2 Å². The molecule has 21 heavy (non-hydrogen) atoms. The fourth-order valence-electron chi connectivity index (χ4n) is 1.35. The normalized spacial score (nSPS) is 13.4. The summed E-state index contributed by atoms with van der Waals surface area (Å²) in [6, 6.07) is 1.16. The zero-order valence-electron chi connectivity index (χ0n) is 13.5. The van der Waals surface area contributed by atoms with E-state index in [0.29, 0.717) is 0 Å². The van der Waals surface area contributed by atoms with Gasteiger partial charge in [0.15, 0.2) is 0 Å². The largest absolute Gasteiger partial charge is 0.460 e. The Morgan fingerprint density at radius 2 is 1.67 bits per heavy atom. The highest BCUT2D eigenvalue weighted by molar-refractivity contribution is 5.73. The predicted molar refractivity (Wildman–Crippen MR) is 78.4 cm³/mol. The van der Waals surface area contributed by atoms with E-state index in [2.05, 4.69) is 5.32 Å². The van der Waals surface area contributed by atoms with E-state index >= 15 is 0 Å². The minimum absolute atomic E-state index is 0.0747. The molecule has 0 saturated carbocycles. The molecule has 6 nitrogen and oxygen atoms in total. The van der Waals surface area contributed by atoms with Crippen LogP contribution in [0.3, 0.4) is 0 Å². The Bertz CT molecular complexity index is 406. The first-order chi connectivity index (χ1) is 9.43. The average molecular weight is 296 g/mol. The summed E-state index contributed by atoms with van der Waals surface area (Å²) < 4.78 is 10.3. The summed E-state index contributed by atoms with van der Waals surface area (Å²) >= 11 is 0. The van der Waals surface area contributed by atoms with Crippen molar-refractivity contribution in [3.8, 4) is 6.07 Å². The van der Waals surface area contributed by atoms with E-state index in [1.54, 1.807) is 41.5 Å². The van der Waals surface area contributed by atoms with E-state index in [4.69, 9.17) is 14.7 Å². The van der Waals surface area contributed by atoms with E-state index in [0.717, 1.165) is 0 Å². The second-order valence-corrected chi connectivity index (χ2v) is 6.53. The molecule has 1 atom stereocenters. The number of alkyl carbamates (subject to hydrolysis) is 1. The van der Waals surface area contributed by atoms with Crippen molar-refractivity contribution in [2.75, 3.05) is 0 Å². The van der Waals surface area contributed by atoms with Crippen LogP contribution in [0.25, 0.3) is 0 Å². The lowest BCUT2D eigenvalue weighted by molar-refractivity contribution is -0.155. The predicted octanol–water partition coefficient (Wildman–Crippen LogP) is 2.69. The summed E-state index contributed by atoms with van der Waals surface area (Å²) in [4.78, 5) is 23.5. The van der Waals surface area contributed by atoms with Crippen LogP contribution in [0.2, 0.25) is 0 Å². The highest BCUT2D eigenvalue weighted by atomic mass is 16.6. The highest BCUT2D eigenvalue weighted by Crippen LogP contribution is 2.11. The Hall–Kier alpha value is -2.03. The fourth-order valence-corrected chi connectivity index (χ4v) is 1.35. The van der Waals surface area contributed by atoms with Crippen LogP contribution in [0.1, 0.15) is 48.0 Å². The van der Waals surface area contributed by atoms with E-state index in [9.17, 15) is 9.59 Å². The van der Waals surface area contributed by atoms with Crippen LogP contribution in [-0.2, 0) is 14.3 Å². The number of carbonyl (C=O) groups is 2. The van der Waals surface area contributed by atoms with E-state index in [1.165, 1.54) is 12.2 Å². The van der Waals surface area contributed by atoms with Crippen LogP contribution < -0.4 is 5.32 Å². The maximum Gasteiger partial charge on any atom is 0.408 e. The highest BCUT2D eigenvalue weighted by Gasteiger charge is 2.22. The van der Waals surface area contributed by atoms with Gasteiger partial charge >= 0.3 is 12.1 Å². The van der Waals surface area contributed by atoms with Crippen molar-refractivity contribution < 1.29 is 19.1 Å². The molecule has 6 heteroatoms. The number of hydrogen-bond donors (Lipinski definition) is 1.